The van der Waals surface area contributed by atoms with Crippen molar-refractivity contribution in [3.05, 3.63) is 48.9 Å². The number of unbranched alkanes of at least 4 members (excludes halogenated alkanes) is 5. The zero-order valence-corrected chi connectivity index (χ0v) is 34.7. The minimum absolute atomic E-state index is 0.136. The molecule has 54 heavy (non-hydrogen) atoms. The molecule has 0 bridgehead atoms. The number of hydrogen-bond donors (Lipinski definition) is 0. The number of allylic oxidation sites excluding steroid dienone is 4. The number of amides is 2. The first-order valence-corrected chi connectivity index (χ1v) is 20.6. The van der Waals surface area contributed by atoms with E-state index < -0.39 is 0 Å². The third-order valence-electron chi connectivity index (χ3n) is 12.0. The summed E-state index contributed by atoms with van der Waals surface area (Å²) in [5, 5.41) is 0. The Bertz CT molecular complexity index is 1280. The average Bonchev–Trinajstić information content (AvgIpc) is 3.43. The highest BCUT2D eigenvalue weighted by atomic mass is 16.5. The predicted octanol–water partition coefficient (Wildman–Crippen LogP) is 7.84. The molecule has 0 aromatic heterocycles. The van der Waals surface area contributed by atoms with Crippen LogP contribution in [0, 0.1) is 0 Å². The number of piperidine rings is 2. The molecule has 4 aliphatic heterocycles. The molecule has 0 aromatic rings. The molecule has 302 valence electrons. The third kappa shape index (κ3) is 12.1. The average molecular weight is 751 g/mol. The number of carbonyl (C=O) groups is 4. The molecule has 10 heteroatoms. The first kappa shape index (κ1) is 43.5. The van der Waals surface area contributed by atoms with E-state index in [4.69, 9.17) is 9.47 Å². The van der Waals surface area contributed by atoms with Crippen LogP contribution in [0.15, 0.2) is 48.9 Å². The Morgan fingerprint density at radius 1 is 0.556 bits per heavy atom. The van der Waals surface area contributed by atoms with Crippen molar-refractivity contribution in [3.8, 4) is 0 Å². The van der Waals surface area contributed by atoms with Crippen molar-refractivity contribution >= 4 is 23.8 Å². The maximum Gasteiger partial charge on any atom is 0.305 e. The Balaban J connectivity index is 1.04. The fourth-order valence-corrected chi connectivity index (χ4v) is 9.83. The quantitative estimate of drug-likeness (QED) is 0.110. The number of likely N-dealkylation sites (tertiary alicyclic amines) is 2. The second-order valence-corrected chi connectivity index (χ2v) is 18.3. The summed E-state index contributed by atoms with van der Waals surface area (Å²) in [6.07, 6.45) is 26.2. The molecule has 0 saturated carbocycles. The number of hydrogen-bond acceptors (Lipinski definition) is 8. The third-order valence-corrected chi connectivity index (χ3v) is 12.0. The van der Waals surface area contributed by atoms with E-state index >= 15 is 0 Å². The molecule has 0 N–H and O–H groups in total. The van der Waals surface area contributed by atoms with Gasteiger partial charge in [-0.05, 0) is 106 Å². The van der Waals surface area contributed by atoms with Crippen LogP contribution in [-0.4, -0.2) is 104 Å². The highest BCUT2D eigenvalue weighted by Crippen LogP contribution is 2.42. The molecule has 0 radical (unpaired) electrons. The normalized spacial score (nSPS) is 23.0. The Labute approximate surface area is 326 Å². The van der Waals surface area contributed by atoms with Crippen LogP contribution < -0.4 is 0 Å². The smallest absolute Gasteiger partial charge is 0.305 e. The van der Waals surface area contributed by atoms with Gasteiger partial charge in [0.15, 0.2) is 0 Å². The Hall–Kier alpha value is -3.24. The Kier molecular flexibility index (Phi) is 15.4. The molecule has 0 unspecified atom stereocenters. The molecule has 2 fully saturated rings. The highest BCUT2D eigenvalue weighted by molar-refractivity contribution is 5.80. The zero-order chi connectivity index (χ0) is 39.6. The van der Waals surface area contributed by atoms with Crippen LogP contribution in [0.3, 0.4) is 0 Å². The minimum Gasteiger partial charge on any atom is -0.464 e. The summed E-state index contributed by atoms with van der Waals surface area (Å²) in [4.78, 5) is 59.3. The van der Waals surface area contributed by atoms with Crippen LogP contribution in [-0.2, 0) is 28.7 Å². The SMILES string of the molecule is CC1(C)CC(N2C=CC=CCC2=O)CC(C)(C)N1CCOC(=O)CCCCCCCCC(=O)OCCN1C(C)(C)CC(N2C=CC=CCC2=O)CC1(C)C. The van der Waals surface area contributed by atoms with Gasteiger partial charge < -0.3 is 19.3 Å². The molecule has 4 heterocycles. The van der Waals surface area contributed by atoms with E-state index in [1.54, 1.807) is 0 Å². The number of nitrogens with zero attached hydrogens (tertiary/aromatic N) is 4. The van der Waals surface area contributed by atoms with Gasteiger partial charge in [0, 0.05) is 85.4 Å². The van der Waals surface area contributed by atoms with E-state index in [0.717, 1.165) is 64.2 Å². The van der Waals surface area contributed by atoms with Gasteiger partial charge in [-0.2, -0.15) is 0 Å². The molecule has 2 saturated heterocycles. The Morgan fingerprint density at radius 3 is 1.24 bits per heavy atom. The summed E-state index contributed by atoms with van der Waals surface area (Å²) in [5.74, 6) is -0.00547. The lowest BCUT2D eigenvalue weighted by Gasteiger charge is -2.56. The lowest BCUT2D eigenvalue weighted by atomic mass is 9.76. The molecule has 0 atom stereocenters. The molecular formula is C44H70N4O6. The van der Waals surface area contributed by atoms with Crippen molar-refractivity contribution in [2.75, 3.05) is 26.3 Å². The van der Waals surface area contributed by atoms with E-state index in [9.17, 15) is 19.2 Å². The number of ether oxygens (including phenoxy) is 2. The van der Waals surface area contributed by atoms with Crippen molar-refractivity contribution in [2.24, 2.45) is 0 Å². The monoisotopic (exact) mass is 751 g/mol. The maximum atomic E-state index is 12.7. The van der Waals surface area contributed by atoms with Gasteiger partial charge in [-0.3, -0.25) is 29.0 Å². The van der Waals surface area contributed by atoms with E-state index in [-0.39, 0.29) is 58.0 Å². The van der Waals surface area contributed by atoms with Crippen LogP contribution in [0.4, 0.5) is 0 Å². The molecule has 4 aliphatic rings. The van der Waals surface area contributed by atoms with Gasteiger partial charge >= 0.3 is 11.9 Å². The summed E-state index contributed by atoms with van der Waals surface area (Å²) >= 11 is 0. The van der Waals surface area contributed by atoms with Gasteiger partial charge in [0.1, 0.15) is 13.2 Å². The van der Waals surface area contributed by atoms with Gasteiger partial charge in [-0.15, -0.1) is 0 Å². The summed E-state index contributed by atoms with van der Waals surface area (Å²) in [6.45, 7) is 19.9. The molecule has 0 spiro atoms. The van der Waals surface area contributed by atoms with E-state index in [0.29, 0.717) is 52.0 Å². The van der Waals surface area contributed by atoms with Crippen LogP contribution in [0.2, 0.25) is 0 Å². The van der Waals surface area contributed by atoms with Crippen molar-refractivity contribution in [1.82, 2.24) is 19.6 Å². The first-order valence-electron chi connectivity index (χ1n) is 20.6. The molecule has 4 rings (SSSR count). The van der Waals surface area contributed by atoms with Crippen molar-refractivity contribution in [2.45, 2.75) is 180 Å². The lowest BCUT2D eigenvalue weighted by molar-refractivity contribution is -0.148. The maximum absolute atomic E-state index is 12.7. The van der Waals surface area contributed by atoms with Crippen molar-refractivity contribution in [1.29, 1.82) is 0 Å². The largest absolute Gasteiger partial charge is 0.464 e. The fourth-order valence-electron chi connectivity index (χ4n) is 9.83. The second kappa shape index (κ2) is 19.1. The van der Waals surface area contributed by atoms with E-state index in [1.807, 2.05) is 58.7 Å². The first-order chi connectivity index (χ1) is 25.4. The summed E-state index contributed by atoms with van der Waals surface area (Å²) < 4.78 is 11.3. The predicted molar refractivity (Wildman–Crippen MR) is 214 cm³/mol. The topological polar surface area (TPSA) is 99.7 Å². The van der Waals surface area contributed by atoms with E-state index in [1.165, 1.54) is 0 Å². The molecular weight excluding hydrogens is 681 g/mol. The van der Waals surface area contributed by atoms with Crippen LogP contribution >= 0.6 is 0 Å². The van der Waals surface area contributed by atoms with Crippen molar-refractivity contribution < 1.29 is 28.7 Å². The van der Waals surface area contributed by atoms with Crippen molar-refractivity contribution in [3.63, 3.8) is 0 Å². The minimum atomic E-state index is -0.150. The second-order valence-electron chi connectivity index (χ2n) is 18.3. The summed E-state index contributed by atoms with van der Waals surface area (Å²) in [6, 6.07) is 0.273. The van der Waals surface area contributed by atoms with Gasteiger partial charge in [-0.1, -0.05) is 50.0 Å². The number of carbonyl (C=O) groups excluding carboxylic acids is 4. The number of esters is 2. The summed E-state index contributed by atoms with van der Waals surface area (Å²) in [7, 11) is 0. The lowest BCUT2D eigenvalue weighted by Crippen LogP contribution is -2.64. The highest BCUT2D eigenvalue weighted by Gasteiger charge is 2.48. The van der Waals surface area contributed by atoms with Crippen LogP contribution in [0.5, 0.6) is 0 Å². The standard InChI is InChI=1S/C44H70N4O6/c1-41(2)31-35(45-25-19-13-15-21-37(45)49)32-42(3,4)47(41)27-29-53-39(51)23-17-11-9-10-12-18-24-40(52)54-30-28-48-43(5,6)33-36(34-44(48,7)8)46-26-20-14-16-22-38(46)50/h13-16,19-20,25-26,35-36H,9-12,17-18,21-24,27-34H2,1-8H3. The van der Waals surface area contributed by atoms with Crippen LogP contribution in [0.1, 0.15) is 145 Å². The van der Waals surface area contributed by atoms with Gasteiger partial charge in [0.2, 0.25) is 11.8 Å². The van der Waals surface area contributed by atoms with E-state index in [2.05, 4.69) is 65.2 Å². The molecule has 10 nitrogen and oxygen atoms in total. The fraction of sp³-hybridized carbons (Fsp3) is 0.727. The van der Waals surface area contributed by atoms with Gasteiger partial charge in [0.05, 0.1) is 0 Å². The zero-order valence-electron chi connectivity index (χ0n) is 34.7. The summed E-state index contributed by atoms with van der Waals surface area (Å²) in [5.41, 5.74) is -0.601. The van der Waals surface area contributed by atoms with Gasteiger partial charge in [0.25, 0.3) is 0 Å². The molecule has 0 aliphatic carbocycles. The Morgan fingerprint density at radius 2 is 0.889 bits per heavy atom. The van der Waals surface area contributed by atoms with Crippen LogP contribution in [0.25, 0.3) is 0 Å². The molecule has 0 aromatic carbocycles. The molecule has 2 amide bonds. The van der Waals surface area contributed by atoms with Gasteiger partial charge in [-0.25, -0.2) is 0 Å². The number of rotatable bonds is 17.